The van der Waals surface area contributed by atoms with E-state index in [4.69, 9.17) is 5.73 Å². The Kier molecular flexibility index (Phi) is 4.21. The summed E-state index contributed by atoms with van der Waals surface area (Å²) in [5.41, 5.74) is 10.0. The van der Waals surface area contributed by atoms with Crippen molar-refractivity contribution in [2.75, 3.05) is 6.54 Å². The van der Waals surface area contributed by atoms with Crippen LogP contribution in [0.2, 0.25) is 0 Å². The fourth-order valence-electron chi connectivity index (χ4n) is 2.26. The summed E-state index contributed by atoms with van der Waals surface area (Å²) in [6.45, 7) is 5.24. The standard InChI is InChI=1S/C16H22N2/c1-3-16(17)12(2)13-6-8-14(9-7-13)15-5-4-10-18-11-15/h4-10,12,16,18H,3,11,17H2,1-2H3. The summed E-state index contributed by atoms with van der Waals surface area (Å²) >= 11 is 0. The van der Waals surface area contributed by atoms with Crippen LogP contribution in [-0.2, 0) is 0 Å². The molecule has 0 radical (unpaired) electrons. The van der Waals surface area contributed by atoms with Gasteiger partial charge in [0.1, 0.15) is 0 Å². The lowest BCUT2D eigenvalue weighted by atomic mass is 9.91. The Hall–Kier alpha value is -1.54. The molecule has 0 spiro atoms. The maximum absolute atomic E-state index is 6.10. The minimum atomic E-state index is 0.245. The quantitative estimate of drug-likeness (QED) is 0.851. The van der Waals surface area contributed by atoms with Gasteiger partial charge in [-0.1, -0.05) is 44.2 Å². The van der Waals surface area contributed by atoms with Crippen molar-refractivity contribution in [1.82, 2.24) is 5.32 Å². The normalized spacial score (nSPS) is 17.8. The van der Waals surface area contributed by atoms with Gasteiger partial charge in [-0.2, -0.15) is 0 Å². The summed E-state index contributed by atoms with van der Waals surface area (Å²) in [5, 5.41) is 3.23. The smallest absolute Gasteiger partial charge is 0.0401 e. The van der Waals surface area contributed by atoms with Crippen molar-refractivity contribution in [3.63, 3.8) is 0 Å². The second kappa shape index (κ2) is 5.87. The second-order valence-corrected chi connectivity index (χ2v) is 4.91. The van der Waals surface area contributed by atoms with Gasteiger partial charge in [-0.3, -0.25) is 0 Å². The van der Waals surface area contributed by atoms with Crippen LogP contribution in [0.25, 0.3) is 5.57 Å². The third kappa shape index (κ3) is 2.82. The zero-order chi connectivity index (χ0) is 13.0. The number of dihydropyridines is 1. The highest BCUT2D eigenvalue weighted by atomic mass is 14.8. The van der Waals surface area contributed by atoms with E-state index in [1.54, 1.807) is 0 Å². The number of benzene rings is 1. The molecule has 2 nitrogen and oxygen atoms in total. The number of nitrogens with two attached hydrogens (primary N) is 1. The lowest BCUT2D eigenvalue weighted by Crippen LogP contribution is -2.25. The highest BCUT2D eigenvalue weighted by Crippen LogP contribution is 2.23. The van der Waals surface area contributed by atoms with E-state index in [2.05, 4.69) is 49.5 Å². The van der Waals surface area contributed by atoms with Gasteiger partial charge >= 0.3 is 0 Å². The summed E-state index contributed by atoms with van der Waals surface area (Å²) in [4.78, 5) is 0. The first-order valence-electron chi connectivity index (χ1n) is 6.67. The van der Waals surface area contributed by atoms with Crippen molar-refractivity contribution in [2.24, 2.45) is 5.73 Å². The molecular weight excluding hydrogens is 220 g/mol. The van der Waals surface area contributed by atoms with Crippen LogP contribution in [0, 0.1) is 0 Å². The second-order valence-electron chi connectivity index (χ2n) is 4.91. The van der Waals surface area contributed by atoms with Gasteiger partial charge in [0.05, 0.1) is 0 Å². The van der Waals surface area contributed by atoms with E-state index >= 15 is 0 Å². The van der Waals surface area contributed by atoms with Gasteiger partial charge in [0, 0.05) is 12.6 Å². The average Bonchev–Trinajstić information content (AvgIpc) is 2.47. The molecule has 3 N–H and O–H groups in total. The molecule has 0 aromatic heterocycles. The summed E-state index contributed by atoms with van der Waals surface area (Å²) in [5.74, 6) is 0.419. The maximum atomic E-state index is 6.10. The molecule has 0 bridgehead atoms. The monoisotopic (exact) mass is 242 g/mol. The molecule has 2 atom stereocenters. The van der Waals surface area contributed by atoms with E-state index < -0.39 is 0 Å². The lowest BCUT2D eigenvalue weighted by molar-refractivity contribution is 0.551. The maximum Gasteiger partial charge on any atom is 0.0401 e. The van der Waals surface area contributed by atoms with Gasteiger partial charge in [0.25, 0.3) is 0 Å². The lowest BCUT2D eigenvalue weighted by Gasteiger charge is -2.19. The van der Waals surface area contributed by atoms with Gasteiger partial charge < -0.3 is 11.1 Å². The third-order valence-electron chi connectivity index (χ3n) is 3.72. The molecule has 2 rings (SSSR count). The number of nitrogens with one attached hydrogen (secondary N) is 1. The van der Waals surface area contributed by atoms with Gasteiger partial charge in [-0.15, -0.1) is 0 Å². The van der Waals surface area contributed by atoms with Crippen LogP contribution >= 0.6 is 0 Å². The first kappa shape index (κ1) is 12.9. The first-order valence-corrected chi connectivity index (χ1v) is 6.67. The van der Waals surface area contributed by atoms with E-state index in [1.165, 1.54) is 16.7 Å². The van der Waals surface area contributed by atoms with Gasteiger partial charge in [0.2, 0.25) is 0 Å². The SMILES string of the molecule is CCC(N)C(C)c1ccc(C2=CC=CNC2)cc1. The van der Waals surface area contributed by atoms with Gasteiger partial charge in [-0.25, -0.2) is 0 Å². The highest BCUT2D eigenvalue weighted by molar-refractivity contribution is 5.69. The van der Waals surface area contributed by atoms with Crippen LogP contribution in [0.1, 0.15) is 37.3 Å². The molecule has 1 aliphatic rings. The van der Waals surface area contributed by atoms with Crippen LogP contribution < -0.4 is 11.1 Å². The Morgan fingerprint density at radius 2 is 2.00 bits per heavy atom. The van der Waals surface area contributed by atoms with E-state index in [0.717, 1.165) is 13.0 Å². The predicted octanol–water partition coefficient (Wildman–Crippen LogP) is 3.03. The van der Waals surface area contributed by atoms with Crippen molar-refractivity contribution < 1.29 is 0 Å². The highest BCUT2D eigenvalue weighted by Gasteiger charge is 2.13. The summed E-state index contributed by atoms with van der Waals surface area (Å²) in [6, 6.07) is 9.04. The number of hydrogen-bond donors (Lipinski definition) is 2. The van der Waals surface area contributed by atoms with Crippen LogP contribution in [0.4, 0.5) is 0 Å². The molecule has 18 heavy (non-hydrogen) atoms. The molecule has 0 saturated carbocycles. The molecule has 2 unspecified atom stereocenters. The van der Waals surface area contributed by atoms with Crippen LogP contribution in [-0.4, -0.2) is 12.6 Å². The summed E-state index contributed by atoms with van der Waals surface area (Å²) in [7, 11) is 0. The van der Waals surface area contributed by atoms with Crippen molar-refractivity contribution in [3.05, 3.63) is 53.7 Å². The molecule has 2 heteroatoms. The van der Waals surface area contributed by atoms with Gasteiger partial charge in [0.15, 0.2) is 0 Å². The van der Waals surface area contributed by atoms with Crippen LogP contribution in [0.15, 0.2) is 42.6 Å². The Balaban J connectivity index is 2.15. The Bertz CT molecular complexity index is 443. The molecule has 1 aromatic carbocycles. The fourth-order valence-corrected chi connectivity index (χ4v) is 2.26. The average molecular weight is 242 g/mol. The van der Waals surface area contributed by atoms with Crippen LogP contribution in [0.3, 0.4) is 0 Å². The Morgan fingerprint density at radius 3 is 2.56 bits per heavy atom. The summed E-state index contributed by atoms with van der Waals surface area (Å²) in [6.07, 6.45) is 7.19. The number of allylic oxidation sites excluding steroid dienone is 2. The predicted molar refractivity (Wildman–Crippen MR) is 78.2 cm³/mol. The molecular formula is C16H22N2. The number of rotatable bonds is 4. The molecule has 1 aromatic rings. The number of hydrogen-bond acceptors (Lipinski definition) is 2. The van der Waals surface area contributed by atoms with Crippen molar-refractivity contribution >= 4 is 5.57 Å². The van der Waals surface area contributed by atoms with Crippen LogP contribution in [0.5, 0.6) is 0 Å². The van der Waals surface area contributed by atoms with Crippen molar-refractivity contribution in [1.29, 1.82) is 0 Å². The first-order chi connectivity index (χ1) is 8.72. The van der Waals surface area contributed by atoms with E-state index in [1.807, 2.05) is 12.3 Å². The molecule has 96 valence electrons. The minimum Gasteiger partial charge on any atom is -0.387 e. The zero-order valence-electron chi connectivity index (χ0n) is 11.2. The Labute approximate surface area is 110 Å². The topological polar surface area (TPSA) is 38.0 Å². The fraction of sp³-hybridized carbons (Fsp3) is 0.375. The van der Waals surface area contributed by atoms with E-state index in [0.29, 0.717) is 5.92 Å². The van der Waals surface area contributed by atoms with Gasteiger partial charge in [-0.05, 0) is 41.3 Å². The Morgan fingerprint density at radius 1 is 1.28 bits per heavy atom. The zero-order valence-corrected chi connectivity index (χ0v) is 11.2. The molecule has 1 aliphatic heterocycles. The van der Waals surface area contributed by atoms with E-state index in [-0.39, 0.29) is 6.04 Å². The third-order valence-corrected chi connectivity index (χ3v) is 3.72. The largest absolute Gasteiger partial charge is 0.387 e. The van der Waals surface area contributed by atoms with E-state index in [9.17, 15) is 0 Å². The molecule has 0 saturated heterocycles. The van der Waals surface area contributed by atoms with Crippen molar-refractivity contribution in [2.45, 2.75) is 32.2 Å². The van der Waals surface area contributed by atoms with Crippen molar-refractivity contribution in [3.8, 4) is 0 Å². The minimum absolute atomic E-state index is 0.245. The molecule has 1 heterocycles. The molecule has 0 amide bonds. The molecule has 0 aliphatic carbocycles. The molecule has 0 fully saturated rings. The summed E-state index contributed by atoms with van der Waals surface area (Å²) < 4.78 is 0.